The summed E-state index contributed by atoms with van der Waals surface area (Å²) < 4.78 is 9.92. The van der Waals surface area contributed by atoms with Crippen LogP contribution in [0.25, 0.3) is 10.4 Å². The van der Waals surface area contributed by atoms with Crippen LogP contribution in [0.15, 0.2) is 5.11 Å². The minimum atomic E-state index is -1.03. The molecule has 0 saturated carbocycles. The predicted molar refractivity (Wildman–Crippen MR) is 64.8 cm³/mol. The van der Waals surface area contributed by atoms with Crippen molar-refractivity contribution in [2.45, 2.75) is 32.8 Å². The number of hydrogen-bond acceptors (Lipinski definition) is 5. The number of methoxy groups -OCH3 is 1. The highest BCUT2D eigenvalue weighted by molar-refractivity contribution is 5.99. The van der Waals surface area contributed by atoms with Gasteiger partial charge in [-0.15, -0.1) is 0 Å². The van der Waals surface area contributed by atoms with Gasteiger partial charge in [-0.3, -0.25) is 9.59 Å². The standard InChI is InChI=1S/C11H19N3O4/c1-4-6-8(15)10(11(16)18-5-2)9(17-3)7-13-14-12/h9-10H,4-7H2,1-3H3. The molecule has 0 aliphatic rings. The van der Waals surface area contributed by atoms with Crippen LogP contribution < -0.4 is 0 Å². The van der Waals surface area contributed by atoms with Crippen LogP contribution in [-0.4, -0.2) is 38.1 Å². The molecule has 0 aromatic heterocycles. The third kappa shape index (κ3) is 5.16. The van der Waals surface area contributed by atoms with Gasteiger partial charge < -0.3 is 9.47 Å². The molecule has 7 heteroatoms. The highest BCUT2D eigenvalue weighted by Crippen LogP contribution is 2.15. The van der Waals surface area contributed by atoms with Crippen LogP contribution in [0.2, 0.25) is 0 Å². The zero-order chi connectivity index (χ0) is 14.0. The zero-order valence-corrected chi connectivity index (χ0v) is 11.0. The Balaban J connectivity index is 4.96. The van der Waals surface area contributed by atoms with Crippen molar-refractivity contribution in [1.29, 1.82) is 0 Å². The van der Waals surface area contributed by atoms with E-state index in [0.29, 0.717) is 6.42 Å². The maximum absolute atomic E-state index is 11.9. The largest absolute Gasteiger partial charge is 0.465 e. The highest BCUT2D eigenvalue weighted by Gasteiger charge is 2.35. The summed E-state index contributed by atoms with van der Waals surface area (Å²) in [6.07, 6.45) is 0.116. The maximum Gasteiger partial charge on any atom is 0.319 e. The first-order valence-corrected chi connectivity index (χ1v) is 5.85. The number of azide groups is 1. The van der Waals surface area contributed by atoms with Gasteiger partial charge in [0.25, 0.3) is 0 Å². The highest BCUT2D eigenvalue weighted by atomic mass is 16.5. The SMILES string of the molecule is CCCC(=O)C(C(=O)OCC)C(CN=[N+]=[N-])OC. The molecule has 2 unspecified atom stereocenters. The molecule has 18 heavy (non-hydrogen) atoms. The first-order valence-electron chi connectivity index (χ1n) is 5.85. The zero-order valence-electron chi connectivity index (χ0n) is 11.0. The third-order valence-electron chi connectivity index (χ3n) is 2.38. The predicted octanol–water partition coefficient (Wildman–Crippen LogP) is 1.86. The summed E-state index contributed by atoms with van der Waals surface area (Å²) in [5.74, 6) is -1.91. The number of rotatable bonds is 9. The van der Waals surface area contributed by atoms with Gasteiger partial charge in [0, 0.05) is 18.4 Å². The monoisotopic (exact) mass is 257 g/mol. The van der Waals surface area contributed by atoms with Gasteiger partial charge in [0.05, 0.1) is 19.3 Å². The van der Waals surface area contributed by atoms with E-state index in [1.54, 1.807) is 6.92 Å². The maximum atomic E-state index is 11.9. The number of hydrogen-bond donors (Lipinski definition) is 0. The van der Waals surface area contributed by atoms with Gasteiger partial charge in [-0.1, -0.05) is 12.0 Å². The number of carbonyl (C=O) groups is 2. The topological polar surface area (TPSA) is 101 Å². The van der Waals surface area contributed by atoms with Gasteiger partial charge in [-0.05, 0) is 18.9 Å². The van der Waals surface area contributed by atoms with Crippen LogP contribution in [0, 0.1) is 5.92 Å². The van der Waals surface area contributed by atoms with Gasteiger partial charge in [0.15, 0.2) is 0 Å². The number of nitrogens with zero attached hydrogens (tertiary/aromatic N) is 3. The molecule has 102 valence electrons. The molecule has 0 bridgehead atoms. The van der Waals surface area contributed by atoms with Crippen molar-refractivity contribution in [1.82, 2.24) is 0 Å². The van der Waals surface area contributed by atoms with Crippen LogP contribution in [0.3, 0.4) is 0 Å². The van der Waals surface area contributed by atoms with E-state index in [1.165, 1.54) is 7.11 Å². The molecule has 2 atom stereocenters. The van der Waals surface area contributed by atoms with Crippen molar-refractivity contribution in [3.05, 3.63) is 10.4 Å². The van der Waals surface area contributed by atoms with E-state index in [2.05, 4.69) is 10.0 Å². The van der Waals surface area contributed by atoms with E-state index >= 15 is 0 Å². The summed E-state index contributed by atoms with van der Waals surface area (Å²) in [6.45, 7) is 3.61. The Hall–Kier alpha value is -1.59. The Morgan fingerprint density at radius 2 is 2.06 bits per heavy atom. The average Bonchev–Trinajstić information content (AvgIpc) is 2.34. The number of esters is 1. The molecule has 0 fully saturated rings. The summed E-state index contributed by atoms with van der Waals surface area (Å²) in [4.78, 5) is 26.3. The molecule has 0 amide bonds. The molecule has 0 N–H and O–H groups in total. The van der Waals surface area contributed by atoms with E-state index in [0.717, 1.165) is 0 Å². The molecular weight excluding hydrogens is 238 g/mol. The van der Waals surface area contributed by atoms with E-state index in [1.807, 2.05) is 6.92 Å². The fourth-order valence-electron chi connectivity index (χ4n) is 1.56. The smallest absolute Gasteiger partial charge is 0.319 e. The van der Waals surface area contributed by atoms with E-state index in [9.17, 15) is 9.59 Å². The second-order valence-corrected chi connectivity index (χ2v) is 3.63. The second kappa shape index (κ2) is 9.44. The lowest BCUT2D eigenvalue weighted by Gasteiger charge is -2.21. The summed E-state index contributed by atoms with van der Waals surface area (Å²) in [6, 6.07) is 0. The number of carbonyl (C=O) groups excluding carboxylic acids is 2. The van der Waals surface area contributed by atoms with Crippen LogP contribution in [0.1, 0.15) is 26.7 Å². The van der Waals surface area contributed by atoms with Crippen molar-refractivity contribution < 1.29 is 19.1 Å². The van der Waals surface area contributed by atoms with Crippen LogP contribution >= 0.6 is 0 Å². The normalized spacial score (nSPS) is 13.3. The summed E-state index contributed by atoms with van der Waals surface area (Å²) in [5, 5.41) is 3.34. The summed E-state index contributed by atoms with van der Waals surface area (Å²) in [7, 11) is 1.36. The van der Waals surface area contributed by atoms with E-state index in [4.69, 9.17) is 15.0 Å². The lowest BCUT2D eigenvalue weighted by molar-refractivity contribution is -0.157. The molecule has 0 spiro atoms. The molecule has 0 aromatic carbocycles. The first-order chi connectivity index (χ1) is 8.62. The van der Waals surface area contributed by atoms with Crippen molar-refractivity contribution in [3.63, 3.8) is 0 Å². The Morgan fingerprint density at radius 1 is 1.39 bits per heavy atom. The number of Topliss-reactive ketones (excluding diaryl/α,β-unsaturated/α-hetero) is 1. The van der Waals surface area contributed by atoms with Crippen molar-refractivity contribution in [2.24, 2.45) is 11.0 Å². The first kappa shape index (κ1) is 16.4. The second-order valence-electron chi connectivity index (χ2n) is 3.63. The third-order valence-corrected chi connectivity index (χ3v) is 2.38. The van der Waals surface area contributed by atoms with Crippen molar-refractivity contribution >= 4 is 11.8 Å². The fourth-order valence-corrected chi connectivity index (χ4v) is 1.56. The molecule has 0 aromatic rings. The number of ketones is 1. The Kier molecular flexibility index (Phi) is 8.61. The van der Waals surface area contributed by atoms with E-state index in [-0.39, 0.29) is 25.4 Å². The summed E-state index contributed by atoms with van der Waals surface area (Å²) >= 11 is 0. The molecule has 0 radical (unpaired) electrons. The lowest BCUT2D eigenvalue weighted by atomic mass is 9.94. The van der Waals surface area contributed by atoms with Gasteiger partial charge in [0.1, 0.15) is 11.7 Å². The molecule has 0 aliphatic heterocycles. The van der Waals surface area contributed by atoms with Crippen LogP contribution in [0.5, 0.6) is 0 Å². The van der Waals surface area contributed by atoms with Gasteiger partial charge in [0.2, 0.25) is 0 Å². The molecule has 7 nitrogen and oxygen atoms in total. The van der Waals surface area contributed by atoms with Gasteiger partial charge in [-0.25, -0.2) is 0 Å². The van der Waals surface area contributed by atoms with Crippen molar-refractivity contribution in [2.75, 3.05) is 20.3 Å². The number of ether oxygens (including phenoxy) is 2. The minimum absolute atomic E-state index is 0.0774. The average molecular weight is 257 g/mol. The van der Waals surface area contributed by atoms with Crippen LogP contribution in [-0.2, 0) is 19.1 Å². The Bertz CT molecular complexity index is 308. The van der Waals surface area contributed by atoms with Crippen LogP contribution in [0.4, 0.5) is 0 Å². The molecule has 0 rings (SSSR count). The molecule has 0 aliphatic carbocycles. The summed E-state index contributed by atoms with van der Waals surface area (Å²) in [5.41, 5.74) is 8.28. The molecule has 0 heterocycles. The lowest BCUT2D eigenvalue weighted by Crippen LogP contribution is -2.39. The molecular formula is C11H19N3O4. The molecule has 0 saturated heterocycles. The van der Waals surface area contributed by atoms with Crippen molar-refractivity contribution in [3.8, 4) is 0 Å². The Morgan fingerprint density at radius 3 is 2.50 bits per heavy atom. The van der Waals surface area contributed by atoms with Gasteiger partial charge >= 0.3 is 5.97 Å². The van der Waals surface area contributed by atoms with Gasteiger partial charge in [-0.2, -0.15) is 0 Å². The quantitative estimate of drug-likeness (QED) is 0.207. The fraction of sp³-hybridized carbons (Fsp3) is 0.818. The Labute approximate surface area is 106 Å². The van der Waals surface area contributed by atoms with E-state index < -0.39 is 18.0 Å². The minimum Gasteiger partial charge on any atom is -0.465 e.